The molecule has 15 heavy (non-hydrogen) atoms. The molecule has 0 atom stereocenters. The molecular formula is C13H14N2. The van der Waals surface area contributed by atoms with E-state index in [-0.39, 0.29) is 0 Å². The second kappa shape index (κ2) is 6.65. The fraction of sp³-hybridized carbons (Fsp3) is 0.308. The van der Waals surface area contributed by atoms with Gasteiger partial charge in [-0.05, 0) is 18.7 Å². The van der Waals surface area contributed by atoms with Crippen molar-refractivity contribution in [3.63, 3.8) is 0 Å². The van der Waals surface area contributed by atoms with Crippen LogP contribution in [0.4, 0.5) is 0 Å². The van der Waals surface area contributed by atoms with Gasteiger partial charge in [-0.1, -0.05) is 37.0 Å². The number of hydrogen-bond donors (Lipinski definition) is 0. The van der Waals surface area contributed by atoms with Crippen LogP contribution >= 0.6 is 0 Å². The molecule has 0 heterocycles. The summed E-state index contributed by atoms with van der Waals surface area (Å²) in [6, 6.07) is 12.0. The lowest BCUT2D eigenvalue weighted by Gasteiger charge is -2.11. The number of benzene rings is 1. The van der Waals surface area contributed by atoms with Crippen LogP contribution in [-0.2, 0) is 0 Å². The van der Waals surface area contributed by atoms with E-state index in [1.165, 1.54) is 0 Å². The van der Waals surface area contributed by atoms with Gasteiger partial charge in [0, 0.05) is 5.56 Å². The monoisotopic (exact) mass is 198 g/mol. The van der Waals surface area contributed by atoms with Crippen LogP contribution in [0, 0.1) is 23.2 Å². The molecule has 1 rings (SSSR count). The van der Waals surface area contributed by atoms with Crippen LogP contribution in [-0.4, -0.2) is 24.5 Å². The largest absolute Gasteiger partial charge is 0.280 e. The highest BCUT2D eigenvalue weighted by Gasteiger charge is 1.96. The Kier molecular flexibility index (Phi) is 5.01. The topological polar surface area (TPSA) is 27.0 Å². The van der Waals surface area contributed by atoms with Gasteiger partial charge in [0.2, 0.25) is 0 Å². The van der Waals surface area contributed by atoms with Crippen molar-refractivity contribution in [1.29, 1.82) is 5.26 Å². The quantitative estimate of drug-likeness (QED) is 0.547. The van der Waals surface area contributed by atoms with E-state index in [4.69, 9.17) is 5.26 Å². The molecule has 0 fully saturated rings. The van der Waals surface area contributed by atoms with Gasteiger partial charge in [0.05, 0.1) is 19.2 Å². The smallest absolute Gasteiger partial charge is 0.0873 e. The van der Waals surface area contributed by atoms with Gasteiger partial charge in [0.1, 0.15) is 0 Å². The zero-order valence-corrected chi connectivity index (χ0v) is 8.90. The Morgan fingerprint density at radius 3 is 2.53 bits per heavy atom. The molecule has 0 aliphatic heterocycles. The van der Waals surface area contributed by atoms with Gasteiger partial charge in [-0.15, -0.1) is 0 Å². The summed E-state index contributed by atoms with van der Waals surface area (Å²) in [7, 11) is 0. The van der Waals surface area contributed by atoms with E-state index in [1.54, 1.807) is 0 Å². The summed E-state index contributed by atoms with van der Waals surface area (Å²) in [6.45, 7) is 3.98. The molecule has 0 saturated heterocycles. The first kappa shape index (κ1) is 11.3. The third-order valence-electron chi connectivity index (χ3n) is 2.05. The Hall–Kier alpha value is -1.77. The Labute approximate surface area is 91.1 Å². The molecule has 0 amide bonds. The van der Waals surface area contributed by atoms with E-state index < -0.39 is 0 Å². The maximum atomic E-state index is 8.54. The molecule has 1 aromatic rings. The second-order valence-corrected chi connectivity index (χ2v) is 3.13. The molecule has 0 unspecified atom stereocenters. The Balaban J connectivity index is 2.49. The van der Waals surface area contributed by atoms with E-state index in [1.807, 2.05) is 42.2 Å². The van der Waals surface area contributed by atoms with Gasteiger partial charge in [-0.25, -0.2) is 0 Å². The van der Waals surface area contributed by atoms with Crippen LogP contribution in [0.5, 0.6) is 0 Å². The highest BCUT2D eigenvalue weighted by molar-refractivity contribution is 5.33. The number of rotatable bonds is 3. The summed E-state index contributed by atoms with van der Waals surface area (Å²) in [5.74, 6) is 6.13. The number of nitrogens with zero attached hydrogens (tertiary/aromatic N) is 2. The molecule has 0 aromatic heterocycles. The van der Waals surface area contributed by atoms with Gasteiger partial charge in [0.15, 0.2) is 0 Å². The molecule has 0 spiro atoms. The van der Waals surface area contributed by atoms with Gasteiger partial charge >= 0.3 is 0 Å². The Bertz CT molecular complexity index is 378. The highest BCUT2D eigenvalue weighted by Crippen LogP contribution is 1.94. The van der Waals surface area contributed by atoms with Gasteiger partial charge < -0.3 is 0 Å². The Morgan fingerprint density at radius 2 is 1.93 bits per heavy atom. The SMILES string of the molecule is CCN(CC#N)CC#Cc1ccccc1. The van der Waals surface area contributed by atoms with Crippen LogP contribution in [0.1, 0.15) is 12.5 Å². The molecule has 0 bridgehead atoms. The van der Waals surface area contributed by atoms with Crippen LogP contribution in [0.3, 0.4) is 0 Å². The molecule has 0 saturated carbocycles. The zero-order valence-electron chi connectivity index (χ0n) is 8.90. The van der Waals surface area contributed by atoms with Crippen LogP contribution in [0.2, 0.25) is 0 Å². The minimum atomic E-state index is 0.444. The maximum Gasteiger partial charge on any atom is 0.0873 e. The summed E-state index contributed by atoms with van der Waals surface area (Å²) in [5, 5.41) is 8.54. The molecule has 2 heteroatoms. The third kappa shape index (κ3) is 4.31. The summed E-state index contributed by atoms with van der Waals surface area (Å²) in [6.07, 6.45) is 0. The van der Waals surface area contributed by atoms with Crippen molar-refractivity contribution in [3.8, 4) is 17.9 Å². The van der Waals surface area contributed by atoms with Gasteiger partial charge in [0.25, 0.3) is 0 Å². The van der Waals surface area contributed by atoms with E-state index >= 15 is 0 Å². The first-order chi connectivity index (χ1) is 7.36. The molecule has 2 nitrogen and oxygen atoms in total. The minimum absolute atomic E-state index is 0.444. The van der Waals surface area contributed by atoms with Crippen molar-refractivity contribution in [2.45, 2.75) is 6.92 Å². The van der Waals surface area contributed by atoms with E-state index in [2.05, 4.69) is 17.9 Å². The van der Waals surface area contributed by atoms with Crippen molar-refractivity contribution in [2.24, 2.45) is 0 Å². The molecule has 1 aromatic carbocycles. The van der Waals surface area contributed by atoms with Crippen LogP contribution in [0.15, 0.2) is 30.3 Å². The van der Waals surface area contributed by atoms with Gasteiger partial charge in [-0.2, -0.15) is 5.26 Å². The highest BCUT2D eigenvalue weighted by atomic mass is 15.1. The summed E-state index contributed by atoms with van der Waals surface area (Å²) < 4.78 is 0. The second-order valence-electron chi connectivity index (χ2n) is 3.13. The first-order valence-electron chi connectivity index (χ1n) is 5.00. The van der Waals surface area contributed by atoms with Crippen LogP contribution < -0.4 is 0 Å². The fourth-order valence-electron chi connectivity index (χ4n) is 1.15. The van der Waals surface area contributed by atoms with E-state index in [0.29, 0.717) is 13.1 Å². The molecule has 0 aliphatic rings. The predicted octanol–water partition coefficient (Wildman–Crippen LogP) is 1.88. The molecule has 0 radical (unpaired) electrons. The van der Waals surface area contributed by atoms with E-state index in [9.17, 15) is 0 Å². The van der Waals surface area contributed by atoms with Gasteiger partial charge in [-0.3, -0.25) is 4.90 Å². The van der Waals surface area contributed by atoms with Crippen molar-refractivity contribution in [3.05, 3.63) is 35.9 Å². The minimum Gasteiger partial charge on any atom is -0.280 e. The van der Waals surface area contributed by atoms with Crippen molar-refractivity contribution in [1.82, 2.24) is 4.90 Å². The van der Waals surface area contributed by atoms with Crippen molar-refractivity contribution in [2.75, 3.05) is 19.6 Å². The average molecular weight is 198 g/mol. The number of nitriles is 1. The van der Waals surface area contributed by atoms with E-state index in [0.717, 1.165) is 12.1 Å². The maximum absolute atomic E-state index is 8.54. The molecule has 0 N–H and O–H groups in total. The first-order valence-corrected chi connectivity index (χ1v) is 5.00. The summed E-state index contributed by atoms with van der Waals surface area (Å²) in [5.41, 5.74) is 1.02. The predicted molar refractivity (Wildman–Crippen MR) is 61.0 cm³/mol. The fourth-order valence-corrected chi connectivity index (χ4v) is 1.15. The van der Waals surface area contributed by atoms with Crippen molar-refractivity contribution >= 4 is 0 Å². The molecular weight excluding hydrogens is 184 g/mol. The number of hydrogen-bond acceptors (Lipinski definition) is 2. The zero-order chi connectivity index (χ0) is 10.9. The lowest BCUT2D eigenvalue weighted by Crippen LogP contribution is -2.23. The lowest BCUT2D eigenvalue weighted by molar-refractivity contribution is 0.364. The summed E-state index contributed by atoms with van der Waals surface area (Å²) in [4.78, 5) is 2.00. The molecule has 76 valence electrons. The Morgan fingerprint density at radius 1 is 1.20 bits per heavy atom. The van der Waals surface area contributed by atoms with Crippen molar-refractivity contribution < 1.29 is 0 Å². The summed E-state index contributed by atoms with van der Waals surface area (Å²) >= 11 is 0. The van der Waals surface area contributed by atoms with Crippen LogP contribution in [0.25, 0.3) is 0 Å². The third-order valence-corrected chi connectivity index (χ3v) is 2.05. The average Bonchev–Trinajstić information content (AvgIpc) is 2.29. The molecule has 0 aliphatic carbocycles. The lowest BCUT2D eigenvalue weighted by atomic mass is 10.2. The normalized spacial score (nSPS) is 9.13. The standard InChI is InChI=1S/C13H14N2/c1-2-15(12-10-14)11-6-9-13-7-4-3-5-8-13/h3-5,7-8H,2,11-12H2,1H3.